The van der Waals surface area contributed by atoms with Crippen LogP contribution in [0.1, 0.15) is 24.1 Å². The quantitative estimate of drug-likeness (QED) is 0.840. The standard InChI is InChI=1S/C12H19N5/c1-4-13-8-12-14-5-6-17(12)9-11-7-10(2)15-16(11)3/h5-7,13H,4,8-9H2,1-3H3. The van der Waals surface area contributed by atoms with Gasteiger partial charge in [0.15, 0.2) is 0 Å². The monoisotopic (exact) mass is 233 g/mol. The number of hydrogen-bond acceptors (Lipinski definition) is 3. The molecule has 0 aliphatic rings. The van der Waals surface area contributed by atoms with E-state index in [1.165, 1.54) is 5.69 Å². The summed E-state index contributed by atoms with van der Waals surface area (Å²) in [7, 11) is 1.98. The van der Waals surface area contributed by atoms with E-state index in [1.54, 1.807) is 0 Å². The summed E-state index contributed by atoms with van der Waals surface area (Å²) in [6.45, 7) is 6.69. The molecule has 0 fully saturated rings. The van der Waals surface area contributed by atoms with Crippen LogP contribution in [-0.2, 0) is 20.1 Å². The van der Waals surface area contributed by atoms with Gasteiger partial charge in [0.1, 0.15) is 5.82 Å². The average Bonchev–Trinajstić information content (AvgIpc) is 2.84. The Labute approximate surface area is 101 Å². The third-order valence-corrected chi connectivity index (χ3v) is 2.77. The predicted molar refractivity (Wildman–Crippen MR) is 66.7 cm³/mol. The normalized spacial score (nSPS) is 11.0. The van der Waals surface area contributed by atoms with Crippen molar-refractivity contribution >= 4 is 0 Å². The molecule has 0 radical (unpaired) electrons. The first-order valence-corrected chi connectivity index (χ1v) is 5.91. The van der Waals surface area contributed by atoms with Gasteiger partial charge in [-0.25, -0.2) is 4.98 Å². The summed E-state index contributed by atoms with van der Waals surface area (Å²) >= 11 is 0. The summed E-state index contributed by atoms with van der Waals surface area (Å²) in [4.78, 5) is 4.36. The van der Waals surface area contributed by atoms with E-state index in [2.05, 4.69) is 33.0 Å². The Kier molecular flexibility index (Phi) is 3.58. The molecule has 17 heavy (non-hydrogen) atoms. The molecule has 5 heteroatoms. The molecule has 0 aromatic carbocycles. The highest BCUT2D eigenvalue weighted by atomic mass is 15.3. The molecule has 0 unspecified atom stereocenters. The van der Waals surface area contributed by atoms with Crippen molar-refractivity contribution in [2.45, 2.75) is 26.9 Å². The van der Waals surface area contributed by atoms with Gasteiger partial charge in [0, 0.05) is 19.4 Å². The Morgan fingerprint density at radius 1 is 1.41 bits per heavy atom. The second-order valence-corrected chi connectivity index (χ2v) is 4.15. The number of aromatic nitrogens is 4. The van der Waals surface area contributed by atoms with E-state index in [1.807, 2.05) is 31.0 Å². The molecule has 0 saturated heterocycles. The van der Waals surface area contributed by atoms with Gasteiger partial charge in [-0.1, -0.05) is 6.92 Å². The molecule has 2 aromatic heterocycles. The molecule has 0 spiro atoms. The number of aryl methyl sites for hydroxylation is 2. The summed E-state index contributed by atoms with van der Waals surface area (Å²) in [6, 6.07) is 2.11. The first kappa shape index (κ1) is 11.9. The second kappa shape index (κ2) is 5.14. The average molecular weight is 233 g/mol. The molecule has 0 amide bonds. The Bertz CT molecular complexity index is 483. The summed E-state index contributed by atoms with van der Waals surface area (Å²) in [5.74, 6) is 1.06. The Balaban J connectivity index is 2.13. The SMILES string of the molecule is CCNCc1nccn1Cc1cc(C)nn1C. The smallest absolute Gasteiger partial charge is 0.123 e. The molecular formula is C12H19N5. The van der Waals surface area contributed by atoms with Crippen molar-refractivity contribution in [2.24, 2.45) is 7.05 Å². The number of hydrogen-bond donors (Lipinski definition) is 1. The summed E-state index contributed by atoms with van der Waals surface area (Å²) < 4.78 is 4.07. The highest BCUT2D eigenvalue weighted by Crippen LogP contribution is 2.06. The maximum absolute atomic E-state index is 4.36. The fourth-order valence-electron chi connectivity index (χ4n) is 1.87. The number of nitrogens with zero attached hydrogens (tertiary/aromatic N) is 4. The van der Waals surface area contributed by atoms with E-state index in [-0.39, 0.29) is 0 Å². The van der Waals surface area contributed by atoms with Crippen LogP contribution < -0.4 is 5.32 Å². The van der Waals surface area contributed by atoms with Crippen molar-refractivity contribution < 1.29 is 0 Å². The van der Waals surface area contributed by atoms with Crippen LogP contribution >= 0.6 is 0 Å². The van der Waals surface area contributed by atoms with E-state index in [0.29, 0.717) is 0 Å². The maximum Gasteiger partial charge on any atom is 0.123 e. The molecular weight excluding hydrogens is 214 g/mol. The van der Waals surface area contributed by atoms with Gasteiger partial charge in [-0.05, 0) is 19.5 Å². The fraction of sp³-hybridized carbons (Fsp3) is 0.500. The highest BCUT2D eigenvalue weighted by Gasteiger charge is 2.06. The zero-order chi connectivity index (χ0) is 12.3. The molecule has 0 bridgehead atoms. The lowest BCUT2D eigenvalue weighted by Crippen LogP contribution is -2.17. The molecule has 0 atom stereocenters. The third kappa shape index (κ3) is 2.74. The van der Waals surface area contributed by atoms with Crippen LogP contribution in [0.25, 0.3) is 0 Å². The van der Waals surface area contributed by atoms with E-state index in [4.69, 9.17) is 0 Å². The zero-order valence-electron chi connectivity index (χ0n) is 10.6. The van der Waals surface area contributed by atoms with Crippen molar-refractivity contribution in [1.29, 1.82) is 0 Å². The van der Waals surface area contributed by atoms with Crippen molar-refractivity contribution in [3.05, 3.63) is 35.7 Å². The minimum atomic E-state index is 0.806. The van der Waals surface area contributed by atoms with Crippen LogP contribution in [0, 0.1) is 6.92 Å². The molecule has 0 saturated carbocycles. The van der Waals surface area contributed by atoms with Crippen molar-refractivity contribution in [2.75, 3.05) is 6.54 Å². The van der Waals surface area contributed by atoms with Gasteiger partial charge in [-0.3, -0.25) is 4.68 Å². The van der Waals surface area contributed by atoms with Crippen molar-refractivity contribution in [3.63, 3.8) is 0 Å². The van der Waals surface area contributed by atoms with Gasteiger partial charge in [-0.2, -0.15) is 5.10 Å². The molecule has 92 valence electrons. The minimum absolute atomic E-state index is 0.806. The van der Waals surface area contributed by atoms with Gasteiger partial charge in [0.25, 0.3) is 0 Å². The topological polar surface area (TPSA) is 47.7 Å². The van der Waals surface area contributed by atoms with Gasteiger partial charge < -0.3 is 9.88 Å². The molecule has 2 aromatic rings. The Hall–Kier alpha value is -1.62. The number of rotatable bonds is 5. The molecule has 2 heterocycles. The lowest BCUT2D eigenvalue weighted by molar-refractivity contribution is 0.610. The van der Waals surface area contributed by atoms with Crippen LogP contribution in [0.5, 0.6) is 0 Å². The summed E-state index contributed by atoms with van der Waals surface area (Å²) in [5.41, 5.74) is 2.24. The Morgan fingerprint density at radius 2 is 2.24 bits per heavy atom. The summed E-state index contributed by atoms with van der Waals surface area (Å²) in [5, 5.41) is 7.64. The van der Waals surface area contributed by atoms with Crippen molar-refractivity contribution in [3.8, 4) is 0 Å². The van der Waals surface area contributed by atoms with E-state index in [9.17, 15) is 0 Å². The van der Waals surface area contributed by atoms with E-state index >= 15 is 0 Å². The van der Waals surface area contributed by atoms with Crippen LogP contribution in [0.15, 0.2) is 18.5 Å². The number of nitrogens with one attached hydrogen (secondary N) is 1. The second-order valence-electron chi connectivity index (χ2n) is 4.15. The third-order valence-electron chi connectivity index (χ3n) is 2.77. The predicted octanol–water partition coefficient (Wildman–Crippen LogP) is 1.08. The molecule has 2 rings (SSSR count). The Morgan fingerprint density at radius 3 is 2.88 bits per heavy atom. The van der Waals surface area contributed by atoms with Gasteiger partial charge in [0.2, 0.25) is 0 Å². The van der Waals surface area contributed by atoms with Crippen LogP contribution in [-0.4, -0.2) is 25.9 Å². The van der Waals surface area contributed by atoms with Gasteiger partial charge in [0.05, 0.1) is 24.5 Å². The fourth-order valence-corrected chi connectivity index (χ4v) is 1.87. The first-order chi connectivity index (χ1) is 8.20. The lowest BCUT2D eigenvalue weighted by atomic mass is 10.3. The summed E-state index contributed by atoms with van der Waals surface area (Å²) in [6.07, 6.45) is 3.85. The van der Waals surface area contributed by atoms with Crippen LogP contribution in [0.2, 0.25) is 0 Å². The molecule has 0 aliphatic carbocycles. The molecule has 1 N–H and O–H groups in total. The van der Waals surface area contributed by atoms with E-state index in [0.717, 1.165) is 31.2 Å². The van der Waals surface area contributed by atoms with Gasteiger partial charge in [-0.15, -0.1) is 0 Å². The molecule has 5 nitrogen and oxygen atoms in total. The number of imidazole rings is 1. The molecule has 0 aliphatic heterocycles. The minimum Gasteiger partial charge on any atom is -0.328 e. The van der Waals surface area contributed by atoms with Crippen LogP contribution in [0.4, 0.5) is 0 Å². The maximum atomic E-state index is 4.36. The van der Waals surface area contributed by atoms with Crippen molar-refractivity contribution in [1.82, 2.24) is 24.6 Å². The van der Waals surface area contributed by atoms with E-state index < -0.39 is 0 Å². The van der Waals surface area contributed by atoms with Gasteiger partial charge >= 0.3 is 0 Å². The zero-order valence-corrected chi connectivity index (χ0v) is 10.6. The highest BCUT2D eigenvalue weighted by molar-refractivity contribution is 5.10. The van der Waals surface area contributed by atoms with Crippen LogP contribution in [0.3, 0.4) is 0 Å². The largest absolute Gasteiger partial charge is 0.328 e. The lowest BCUT2D eigenvalue weighted by Gasteiger charge is -2.08. The first-order valence-electron chi connectivity index (χ1n) is 5.91.